The Balaban J connectivity index is 3.29. The largest absolute Gasteiger partial charge is 0.463 e. The van der Waals surface area contributed by atoms with Crippen LogP contribution < -0.4 is 0 Å². The average Bonchev–Trinajstić information content (AvgIpc) is 2.77. The van der Waals surface area contributed by atoms with E-state index in [1.165, 1.54) is 96.8 Å². The van der Waals surface area contributed by atoms with Crippen molar-refractivity contribution in [2.24, 2.45) is 0 Å². The first-order valence-electron chi connectivity index (χ1n) is 13.2. The number of hydrogen-bond acceptors (Lipinski definition) is 6. The van der Waals surface area contributed by atoms with Crippen LogP contribution in [0.3, 0.4) is 0 Å². The number of aliphatic hydroxyl groups excluding tert-OH is 2. The normalized spacial score (nSPS) is 13.0. The van der Waals surface area contributed by atoms with Crippen LogP contribution in [-0.2, 0) is 19.1 Å². The smallest absolute Gasteiger partial charge is 0.334 e. The number of rotatable bonds is 23. The van der Waals surface area contributed by atoms with Gasteiger partial charge >= 0.3 is 11.9 Å². The molecule has 2 unspecified atom stereocenters. The van der Waals surface area contributed by atoms with Gasteiger partial charge in [-0.25, -0.2) is 4.79 Å². The van der Waals surface area contributed by atoms with E-state index in [0.717, 1.165) is 19.3 Å². The average molecular weight is 459 g/mol. The number of hydrogen-bond donors (Lipinski definition) is 2. The zero-order chi connectivity index (χ0) is 23.9. The second-order valence-corrected chi connectivity index (χ2v) is 9.05. The van der Waals surface area contributed by atoms with Crippen LogP contribution in [0.4, 0.5) is 0 Å². The van der Waals surface area contributed by atoms with Crippen molar-refractivity contribution >= 4 is 11.9 Å². The third-order valence-corrected chi connectivity index (χ3v) is 5.68. The van der Waals surface area contributed by atoms with Gasteiger partial charge in [0, 0.05) is 6.42 Å². The van der Waals surface area contributed by atoms with Crippen LogP contribution in [0.5, 0.6) is 0 Å². The summed E-state index contributed by atoms with van der Waals surface area (Å²) in [5.74, 6) is -1.15. The fraction of sp³-hybridized carbons (Fsp3) is 0.923. The summed E-state index contributed by atoms with van der Waals surface area (Å²) in [6.45, 7) is 3.05. The van der Waals surface area contributed by atoms with Crippen LogP contribution in [0.15, 0.2) is 0 Å². The van der Waals surface area contributed by atoms with Crippen molar-refractivity contribution in [3.63, 3.8) is 0 Å². The number of ether oxygens (including phenoxy) is 2. The Morgan fingerprint density at radius 1 is 0.625 bits per heavy atom. The van der Waals surface area contributed by atoms with E-state index >= 15 is 0 Å². The van der Waals surface area contributed by atoms with Crippen LogP contribution in [0.2, 0.25) is 0 Å². The summed E-state index contributed by atoms with van der Waals surface area (Å²) in [4.78, 5) is 22.8. The molecule has 0 aromatic carbocycles. The minimum absolute atomic E-state index is 0.203. The lowest BCUT2D eigenvalue weighted by Gasteiger charge is -2.12. The van der Waals surface area contributed by atoms with E-state index in [0.29, 0.717) is 6.42 Å². The van der Waals surface area contributed by atoms with E-state index in [-0.39, 0.29) is 19.2 Å². The molecule has 0 rings (SSSR count). The van der Waals surface area contributed by atoms with Gasteiger partial charge in [-0.3, -0.25) is 4.79 Å². The summed E-state index contributed by atoms with van der Waals surface area (Å²) >= 11 is 0. The number of carbonyl (C=O) groups is 2. The molecule has 0 aliphatic rings. The molecule has 0 aromatic heterocycles. The molecule has 190 valence electrons. The summed E-state index contributed by atoms with van der Waals surface area (Å²) < 4.78 is 9.65. The third kappa shape index (κ3) is 22.1. The molecule has 6 nitrogen and oxygen atoms in total. The lowest BCUT2D eigenvalue weighted by molar-refractivity contribution is -0.158. The fourth-order valence-corrected chi connectivity index (χ4v) is 3.60. The van der Waals surface area contributed by atoms with Crippen molar-refractivity contribution < 1.29 is 29.3 Å². The van der Waals surface area contributed by atoms with Gasteiger partial charge in [-0.2, -0.15) is 0 Å². The van der Waals surface area contributed by atoms with Gasteiger partial charge in [-0.15, -0.1) is 0 Å². The van der Waals surface area contributed by atoms with Gasteiger partial charge in [0.15, 0.2) is 0 Å². The van der Waals surface area contributed by atoms with Crippen molar-refractivity contribution in [1.29, 1.82) is 0 Å². The first kappa shape index (κ1) is 30.9. The summed E-state index contributed by atoms with van der Waals surface area (Å²) in [5, 5.41) is 18.6. The Kier molecular flexibility index (Phi) is 22.2. The Bertz CT molecular complexity index is 438. The van der Waals surface area contributed by atoms with Crippen LogP contribution in [0.25, 0.3) is 0 Å². The molecular formula is C26H50O6. The van der Waals surface area contributed by atoms with Gasteiger partial charge in [0.05, 0.1) is 0 Å². The predicted octanol–water partition coefficient (Wildman–Crippen LogP) is 5.86. The highest BCUT2D eigenvalue weighted by molar-refractivity contribution is 5.73. The van der Waals surface area contributed by atoms with E-state index in [4.69, 9.17) is 9.84 Å². The number of esters is 2. The molecule has 0 aliphatic carbocycles. The lowest BCUT2D eigenvalue weighted by Crippen LogP contribution is -2.28. The standard InChI is InChI=1S/C26H50O6/c1-3-4-5-6-7-8-9-10-11-12-13-14-15-16-17-18-19-20-25(29)31-21-24(28)22-32-26(30)23(2)27/h23-24,27-28H,3-22H2,1-2H3. The zero-order valence-electron chi connectivity index (χ0n) is 20.8. The van der Waals surface area contributed by atoms with Gasteiger partial charge in [0.25, 0.3) is 0 Å². The molecule has 0 fully saturated rings. The van der Waals surface area contributed by atoms with Gasteiger partial charge in [0.1, 0.15) is 25.4 Å². The predicted molar refractivity (Wildman–Crippen MR) is 128 cm³/mol. The molecule has 2 N–H and O–H groups in total. The summed E-state index contributed by atoms with van der Waals surface area (Å²) in [5.41, 5.74) is 0. The van der Waals surface area contributed by atoms with Gasteiger partial charge in [-0.05, 0) is 13.3 Å². The highest BCUT2D eigenvalue weighted by atomic mass is 16.6. The maximum Gasteiger partial charge on any atom is 0.334 e. The Labute approximate surface area is 196 Å². The second kappa shape index (κ2) is 23.0. The molecule has 0 spiro atoms. The third-order valence-electron chi connectivity index (χ3n) is 5.68. The summed E-state index contributed by atoms with van der Waals surface area (Å²) in [6, 6.07) is 0. The number of unbranched alkanes of at least 4 members (excludes halogenated alkanes) is 16. The lowest BCUT2D eigenvalue weighted by atomic mass is 10.0. The summed E-state index contributed by atoms with van der Waals surface area (Å²) in [6.07, 6.45) is 20.1. The Morgan fingerprint density at radius 3 is 1.41 bits per heavy atom. The topological polar surface area (TPSA) is 93.1 Å². The SMILES string of the molecule is CCCCCCCCCCCCCCCCCCCC(=O)OCC(O)COC(=O)C(C)O. The van der Waals surface area contributed by atoms with Crippen molar-refractivity contribution in [1.82, 2.24) is 0 Å². The zero-order valence-corrected chi connectivity index (χ0v) is 20.8. The fourth-order valence-electron chi connectivity index (χ4n) is 3.60. The number of aliphatic hydroxyl groups is 2. The van der Waals surface area contributed by atoms with Gasteiger partial charge in [-0.1, -0.05) is 110 Å². The maximum absolute atomic E-state index is 11.7. The molecule has 0 aromatic rings. The van der Waals surface area contributed by atoms with Crippen molar-refractivity contribution in [2.45, 2.75) is 142 Å². The Hall–Kier alpha value is -1.14. The molecule has 2 atom stereocenters. The van der Waals surface area contributed by atoms with E-state index in [9.17, 15) is 14.7 Å². The summed E-state index contributed by atoms with van der Waals surface area (Å²) in [7, 11) is 0. The quantitative estimate of drug-likeness (QED) is 0.147. The van der Waals surface area contributed by atoms with E-state index in [2.05, 4.69) is 11.7 Å². The molecule has 0 saturated heterocycles. The van der Waals surface area contributed by atoms with E-state index < -0.39 is 18.2 Å². The molecule has 0 saturated carbocycles. The highest BCUT2D eigenvalue weighted by Crippen LogP contribution is 2.14. The molecule has 6 heteroatoms. The maximum atomic E-state index is 11.7. The van der Waals surface area contributed by atoms with Crippen molar-refractivity contribution in [2.75, 3.05) is 13.2 Å². The van der Waals surface area contributed by atoms with Gasteiger partial charge < -0.3 is 19.7 Å². The van der Waals surface area contributed by atoms with Crippen LogP contribution in [0.1, 0.15) is 129 Å². The molecule has 0 bridgehead atoms. The second-order valence-electron chi connectivity index (χ2n) is 9.05. The van der Waals surface area contributed by atoms with Crippen LogP contribution >= 0.6 is 0 Å². The Morgan fingerprint density at radius 2 is 1.00 bits per heavy atom. The molecule has 0 aliphatic heterocycles. The first-order chi connectivity index (χ1) is 15.5. The molecular weight excluding hydrogens is 408 g/mol. The molecule has 0 radical (unpaired) electrons. The molecule has 32 heavy (non-hydrogen) atoms. The molecule has 0 amide bonds. The first-order valence-corrected chi connectivity index (χ1v) is 13.2. The van der Waals surface area contributed by atoms with Crippen LogP contribution in [0, 0.1) is 0 Å². The van der Waals surface area contributed by atoms with Gasteiger partial charge in [0.2, 0.25) is 0 Å². The minimum atomic E-state index is -1.23. The minimum Gasteiger partial charge on any atom is -0.463 e. The highest BCUT2D eigenvalue weighted by Gasteiger charge is 2.14. The van der Waals surface area contributed by atoms with Crippen LogP contribution in [-0.4, -0.2) is 47.6 Å². The van der Waals surface area contributed by atoms with E-state index in [1.807, 2.05) is 0 Å². The molecule has 0 heterocycles. The van der Waals surface area contributed by atoms with Crippen molar-refractivity contribution in [3.05, 3.63) is 0 Å². The van der Waals surface area contributed by atoms with Crippen molar-refractivity contribution in [3.8, 4) is 0 Å². The van der Waals surface area contributed by atoms with E-state index in [1.54, 1.807) is 0 Å². The number of carbonyl (C=O) groups excluding carboxylic acids is 2. The monoisotopic (exact) mass is 458 g/mol.